The average Bonchev–Trinajstić information content (AvgIpc) is 3.68. The van der Waals surface area contributed by atoms with Gasteiger partial charge in [-0.2, -0.15) is 0 Å². The Morgan fingerprint density at radius 3 is 1.31 bits per heavy atom. The fraction of sp³-hybridized carbons (Fsp3) is 0.164. The van der Waals surface area contributed by atoms with Crippen molar-refractivity contribution in [3.8, 4) is 44.5 Å². The van der Waals surface area contributed by atoms with Crippen molar-refractivity contribution in [2.24, 2.45) is 0 Å². The van der Waals surface area contributed by atoms with Crippen molar-refractivity contribution in [2.75, 3.05) is 0 Å². The van der Waals surface area contributed by atoms with Gasteiger partial charge in [0.25, 0.3) is 0 Å². The fourth-order valence-corrected chi connectivity index (χ4v) is 11.2. The molecular weight excluding hydrogens is 661 g/mol. The molecule has 9 aromatic rings. The summed E-state index contributed by atoms with van der Waals surface area (Å²) in [6, 6.07) is 56.0. The topological polar surface area (TPSA) is 0 Å². The molecule has 0 N–H and O–H groups in total. The van der Waals surface area contributed by atoms with Crippen LogP contribution < -0.4 is 0 Å². The molecule has 262 valence electrons. The average molecular weight is 703 g/mol. The Morgan fingerprint density at radius 1 is 0.273 bits per heavy atom. The third kappa shape index (κ3) is 3.87. The number of hydrogen-bond donors (Lipinski definition) is 0. The minimum atomic E-state index is -0.131. The van der Waals surface area contributed by atoms with Gasteiger partial charge in [-0.05, 0) is 157 Å². The Hall–Kier alpha value is -5.98. The van der Waals surface area contributed by atoms with Crippen molar-refractivity contribution in [3.63, 3.8) is 0 Å². The maximum absolute atomic E-state index is 2.56. The van der Waals surface area contributed by atoms with Crippen LogP contribution in [0.25, 0.3) is 87.6 Å². The van der Waals surface area contributed by atoms with E-state index in [1.54, 1.807) is 0 Å². The minimum Gasteiger partial charge on any atom is -0.0616 e. The van der Waals surface area contributed by atoms with Gasteiger partial charge in [0.2, 0.25) is 0 Å². The summed E-state index contributed by atoms with van der Waals surface area (Å²) in [5.41, 5.74) is 19.2. The molecule has 0 aromatic heterocycles. The van der Waals surface area contributed by atoms with E-state index in [0.717, 1.165) is 0 Å². The summed E-state index contributed by atoms with van der Waals surface area (Å²) in [7, 11) is 0. The summed E-state index contributed by atoms with van der Waals surface area (Å²) in [5.74, 6) is 0. The summed E-state index contributed by atoms with van der Waals surface area (Å²) >= 11 is 0. The molecule has 0 saturated heterocycles. The quantitative estimate of drug-likeness (QED) is 0.149. The van der Waals surface area contributed by atoms with E-state index < -0.39 is 0 Å². The van der Waals surface area contributed by atoms with Gasteiger partial charge in [-0.3, -0.25) is 0 Å². The summed E-state index contributed by atoms with van der Waals surface area (Å²) in [5, 5.41) is 10.7. The molecule has 0 heteroatoms. The normalized spacial score (nSPS) is 16.3. The molecule has 0 nitrogen and oxygen atoms in total. The predicted octanol–water partition coefficient (Wildman–Crippen LogP) is 14.9. The number of benzene rings is 9. The largest absolute Gasteiger partial charge is 0.0616 e. The maximum atomic E-state index is 2.56. The highest BCUT2D eigenvalue weighted by Gasteiger charge is 2.42. The molecule has 0 amide bonds. The third-order valence-corrected chi connectivity index (χ3v) is 14.2. The number of fused-ring (bicyclic) bond motifs is 17. The Balaban J connectivity index is 0.999. The molecular formula is C55H42. The second-order valence-corrected chi connectivity index (χ2v) is 18.1. The monoisotopic (exact) mass is 702 g/mol. The lowest BCUT2D eigenvalue weighted by Gasteiger charge is -2.24. The van der Waals surface area contributed by atoms with Crippen LogP contribution in [0, 0.1) is 0 Å². The van der Waals surface area contributed by atoms with Gasteiger partial charge in [0.15, 0.2) is 0 Å². The van der Waals surface area contributed by atoms with Crippen molar-refractivity contribution in [3.05, 3.63) is 179 Å². The number of hydrogen-bond acceptors (Lipinski definition) is 0. The Labute approximate surface area is 323 Å². The van der Waals surface area contributed by atoms with Crippen LogP contribution in [0.5, 0.6) is 0 Å². The van der Waals surface area contributed by atoms with E-state index in [4.69, 9.17) is 0 Å². The minimum absolute atomic E-state index is 0.0642. The SMILES string of the molecule is CC1(C)c2cc(-c3ccc4c(c3)C(C)(C)c3ccc5ccccc5c3-4)ccc2-c2cc3c(cc21)-c1cc2c4ccccc4c4ccccc4c2cc1C3(C)C. The Kier molecular flexibility index (Phi) is 5.82. The fourth-order valence-electron chi connectivity index (χ4n) is 11.2. The molecule has 3 aliphatic carbocycles. The van der Waals surface area contributed by atoms with Gasteiger partial charge < -0.3 is 0 Å². The third-order valence-electron chi connectivity index (χ3n) is 14.2. The molecule has 0 aliphatic heterocycles. The van der Waals surface area contributed by atoms with Gasteiger partial charge in [-0.1, -0.05) is 151 Å². The highest BCUT2D eigenvalue weighted by Crippen LogP contribution is 2.58. The van der Waals surface area contributed by atoms with E-state index >= 15 is 0 Å². The van der Waals surface area contributed by atoms with Crippen LogP contribution >= 0.6 is 0 Å². The second-order valence-electron chi connectivity index (χ2n) is 18.1. The molecule has 0 unspecified atom stereocenters. The van der Waals surface area contributed by atoms with Crippen molar-refractivity contribution in [2.45, 2.75) is 57.8 Å². The lowest BCUT2D eigenvalue weighted by molar-refractivity contribution is 0.652. The number of rotatable bonds is 1. The first-order chi connectivity index (χ1) is 26.5. The first-order valence-electron chi connectivity index (χ1n) is 19.9. The van der Waals surface area contributed by atoms with Crippen LogP contribution in [0.3, 0.4) is 0 Å². The summed E-state index contributed by atoms with van der Waals surface area (Å²) in [6.07, 6.45) is 0. The first kappa shape index (κ1) is 31.4. The lowest BCUT2D eigenvalue weighted by atomic mass is 9.78. The van der Waals surface area contributed by atoms with E-state index in [9.17, 15) is 0 Å². The molecule has 3 aliphatic rings. The second kappa shape index (κ2) is 10.2. The van der Waals surface area contributed by atoms with Crippen LogP contribution in [0.2, 0.25) is 0 Å². The smallest absolute Gasteiger partial charge is 0.0159 e. The standard InChI is InChI=1S/C55H42/c1-53(2)46-24-21-31-13-7-8-14-34(31)52(46)40-23-20-33(26-48(40)53)32-19-22-39-44-29-51-45(30-50(44)54(3,4)47(39)25-32)43-27-41-37-17-11-9-15-35(37)36-16-10-12-18-38(36)42(41)28-49(43)55(51,5)6/h7-30H,1-6H3. The van der Waals surface area contributed by atoms with Gasteiger partial charge in [0.05, 0.1) is 0 Å². The van der Waals surface area contributed by atoms with E-state index in [-0.39, 0.29) is 16.2 Å². The molecule has 9 aromatic carbocycles. The lowest BCUT2D eigenvalue weighted by Crippen LogP contribution is -2.17. The Bertz CT molecular complexity index is 3220. The molecule has 0 bridgehead atoms. The summed E-state index contributed by atoms with van der Waals surface area (Å²) in [4.78, 5) is 0. The van der Waals surface area contributed by atoms with Crippen molar-refractivity contribution < 1.29 is 0 Å². The zero-order chi connectivity index (χ0) is 37.2. The molecule has 0 spiro atoms. The first-order valence-corrected chi connectivity index (χ1v) is 19.9. The van der Waals surface area contributed by atoms with Crippen molar-refractivity contribution in [1.82, 2.24) is 0 Å². The molecule has 0 heterocycles. The van der Waals surface area contributed by atoms with Crippen LogP contribution in [0.1, 0.15) is 74.9 Å². The zero-order valence-electron chi connectivity index (χ0n) is 32.4. The zero-order valence-corrected chi connectivity index (χ0v) is 32.4. The van der Waals surface area contributed by atoms with Crippen molar-refractivity contribution in [1.29, 1.82) is 0 Å². The maximum Gasteiger partial charge on any atom is 0.0159 e. The van der Waals surface area contributed by atoms with E-state index in [2.05, 4.69) is 187 Å². The van der Waals surface area contributed by atoms with Crippen LogP contribution in [0.4, 0.5) is 0 Å². The van der Waals surface area contributed by atoms with Gasteiger partial charge in [-0.15, -0.1) is 0 Å². The molecule has 0 atom stereocenters. The van der Waals surface area contributed by atoms with Gasteiger partial charge in [0.1, 0.15) is 0 Å². The van der Waals surface area contributed by atoms with Gasteiger partial charge in [-0.25, -0.2) is 0 Å². The summed E-state index contributed by atoms with van der Waals surface area (Å²) < 4.78 is 0. The Morgan fingerprint density at radius 2 is 0.691 bits per heavy atom. The van der Waals surface area contributed by atoms with Crippen LogP contribution in [-0.4, -0.2) is 0 Å². The molecule has 0 fully saturated rings. The highest BCUT2D eigenvalue weighted by atomic mass is 14.5. The molecule has 55 heavy (non-hydrogen) atoms. The highest BCUT2D eigenvalue weighted by molar-refractivity contribution is 6.26. The van der Waals surface area contributed by atoms with Crippen LogP contribution in [-0.2, 0) is 16.2 Å². The van der Waals surface area contributed by atoms with Gasteiger partial charge in [0, 0.05) is 16.2 Å². The molecule has 0 radical (unpaired) electrons. The summed E-state index contributed by atoms with van der Waals surface area (Å²) in [6.45, 7) is 14.5. The van der Waals surface area contributed by atoms with Crippen LogP contribution in [0.15, 0.2) is 146 Å². The molecule has 0 saturated carbocycles. The molecule has 12 rings (SSSR count). The van der Waals surface area contributed by atoms with Gasteiger partial charge >= 0.3 is 0 Å². The van der Waals surface area contributed by atoms with E-state index in [0.29, 0.717) is 0 Å². The van der Waals surface area contributed by atoms with Crippen molar-refractivity contribution >= 4 is 43.1 Å². The predicted molar refractivity (Wildman–Crippen MR) is 235 cm³/mol. The van der Waals surface area contributed by atoms with E-state index in [1.165, 1.54) is 121 Å². The van der Waals surface area contributed by atoms with E-state index in [1.807, 2.05) is 0 Å².